The van der Waals surface area contributed by atoms with Gasteiger partial charge in [0.25, 0.3) is 0 Å². The number of phenolic OH excluding ortho intramolecular Hbond substituents is 1. The third-order valence-corrected chi connectivity index (χ3v) is 5.23. The zero-order valence-corrected chi connectivity index (χ0v) is 13.8. The lowest BCUT2D eigenvalue weighted by atomic mass is 9.98. The van der Waals surface area contributed by atoms with Crippen LogP contribution in [0.4, 0.5) is 0 Å². The Bertz CT molecular complexity index is 1080. The van der Waals surface area contributed by atoms with Gasteiger partial charge in [0.05, 0.1) is 7.11 Å². The fraction of sp³-hybridized carbons (Fsp3) is 0.0500. The molecule has 0 atom stereocenters. The van der Waals surface area contributed by atoms with E-state index < -0.39 is 0 Å². The van der Waals surface area contributed by atoms with Crippen LogP contribution in [-0.2, 0) is 4.74 Å². The Balaban J connectivity index is 2.01. The number of hydrogen-bond acceptors (Lipinski definition) is 4. The van der Waals surface area contributed by atoms with Crippen LogP contribution in [0.1, 0.15) is 9.67 Å². The number of methoxy groups -OCH3 is 1. The minimum Gasteiger partial charge on any atom is -0.508 e. The van der Waals surface area contributed by atoms with Crippen LogP contribution in [0, 0.1) is 0 Å². The van der Waals surface area contributed by atoms with Gasteiger partial charge in [-0.2, -0.15) is 0 Å². The maximum Gasteiger partial charge on any atom is 0.348 e. The molecule has 0 fully saturated rings. The second-order valence-electron chi connectivity index (χ2n) is 5.54. The third-order valence-electron chi connectivity index (χ3n) is 4.08. The average Bonchev–Trinajstić information content (AvgIpc) is 3.00. The topological polar surface area (TPSA) is 46.5 Å². The van der Waals surface area contributed by atoms with E-state index in [1.54, 1.807) is 12.1 Å². The Morgan fingerprint density at radius 1 is 1.00 bits per heavy atom. The second kappa shape index (κ2) is 5.65. The lowest BCUT2D eigenvalue weighted by Gasteiger charge is -2.06. The highest BCUT2D eigenvalue weighted by Crippen LogP contribution is 2.40. The van der Waals surface area contributed by atoms with Crippen LogP contribution in [0.2, 0.25) is 0 Å². The highest BCUT2D eigenvalue weighted by Gasteiger charge is 2.20. The number of aromatic hydroxyl groups is 1. The molecular formula is C20H14O3S. The van der Waals surface area contributed by atoms with Crippen molar-refractivity contribution in [1.29, 1.82) is 0 Å². The van der Waals surface area contributed by atoms with Crippen LogP contribution in [-0.4, -0.2) is 18.2 Å². The number of thiophene rings is 1. The molecule has 3 nitrogen and oxygen atoms in total. The first kappa shape index (κ1) is 14.7. The Kier molecular flexibility index (Phi) is 3.47. The molecule has 118 valence electrons. The standard InChI is InChI=1S/C20H14O3S/c1-23-20(22)19-18(16-4-2-3-5-17(16)24-19)14-7-6-13-11-15(21)9-8-12(13)10-14/h2-11,21H,1H3. The third kappa shape index (κ3) is 2.32. The van der Waals surface area contributed by atoms with E-state index in [4.69, 9.17) is 4.74 Å². The molecule has 4 aromatic rings. The Hall–Kier alpha value is -2.85. The molecule has 0 spiro atoms. The zero-order chi connectivity index (χ0) is 16.7. The van der Waals surface area contributed by atoms with Crippen molar-refractivity contribution in [3.05, 3.63) is 65.5 Å². The Labute approximate surface area is 142 Å². The van der Waals surface area contributed by atoms with Crippen LogP contribution >= 0.6 is 11.3 Å². The number of phenols is 1. The van der Waals surface area contributed by atoms with Gasteiger partial charge >= 0.3 is 5.97 Å². The summed E-state index contributed by atoms with van der Waals surface area (Å²) >= 11 is 1.44. The van der Waals surface area contributed by atoms with Crippen LogP contribution in [0.3, 0.4) is 0 Å². The van der Waals surface area contributed by atoms with Crippen molar-refractivity contribution >= 4 is 38.2 Å². The molecule has 0 saturated carbocycles. The van der Waals surface area contributed by atoms with E-state index in [0.29, 0.717) is 4.88 Å². The molecule has 0 amide bonds. The SMILES string of the molecule is COC(=O)c1sc2ccccc2c1-c1ccc2cc(O)ccc2c1. The van der Waals surface area contributed by atoms with Crippen molar-refractivity contribution in [2.24, 2.45) is 0 Å². The highest BCUT2D eigenvalue weighted by molar-refractivity contribution is 7.21. The molecule has 4 heteroatoms. The lowest BCUT2D eigenvalue weighted by molar-refractivity contribution is 0.0607. The number of carbonyl (C=O) groups excluding carboxylic acids is 1. The van der Waals surface area contributed by atoms with Gasteiger partial charge in [0, 0.05) is 15.6 Å². The highest BCUT2D eigenvalue weighted by atomic mass is 32.1. The van der Waals surface area contributed by atoms with Gasteiger partial charge in [-0.05, 0) is 40.6 Å². The number of rotatable bonds is 2. The summed E-state index contributed by atoms with van der Waals surface area (Å²) in [7, 11) is 1.40. The molecule has 0 aliphatic rings. The molecule has 4 rings (SSSR count). The molecule has 24 heavy (non-hydrogen) atoms. The second-order valence-corrected chi connectivity index (χ2v) is 6.59. The van der Waals surface area contributed by atoms with E-state index in [1.165, 1.54) is 18.4 Å². The minimum absolute atomic E-state index is 0.242. The van der Waals surface area contributed by atoms with Crippen molar-refractivity contribution in [3.8, 4) is 16.9 Å². The first-order chi connectivity index (χ1) is 11.7. The summed E-state index contributed by atoms with van der Waals surface area (Å²) in [5.74, 6) is -0.0801. The summed E-state index contributed by atoms with van der Waals surface area (Å²) in [4.78, 5) is 12.8. The molecule has 0 radical (unpaired) electrons. The van der Waals surface area contributed by atoms with Gasteiger partial charge in [-0.1, -0.05) is 36.4 Å². The molecule has 0 bridgehead atoms. The van der Waals surface area contributed by atoms with Crippen molar-refractivity contribution in [2.75, 3.05) is 7.11 Å². The smallest absolute Gasteiger partial charge is 0.348 e. The fourth-order valence-electron chi connectivity index (χ4n) is 2.96. The molecule has 0 aliphatic carbocycles. The Morgan fingerprint density at radius 3 is 2.58 bits per heavy atom. The van der Waals surface area contributed by atoms with E-state index in [0.717, 1.165) is 32.0 Å². The molecule has 0 aliphatic heterocycles. The van der Waals surface area contributed by atoms with Gasteiger partial charge < -0.3 is 9.84 Å². The van der Waals surface area contributed by atoms with Gasteiger partial charge in [-0.25, -0.2) is 4.79 Å². The summed E-state index contributed by atoms with van der Waals surface area (Å²) in [6.07, 6.45) is 0. The monoisotopic (exact) mass is 334 g/mol. The molecule has 0 saturated heterocycles. The number of ether oxygens (including phenoxy) is 1. The van der Waals surface area contributed by atoms with Gasteiger partial charge in [-0.3, -0.25) is 0 Å². The average molecular weight is 334 g/mol. The number of hydrogen-bond donors (Lipinski definition) is 1. The van der Waals surface area contributed by atoms with E-state index in [2.05, 4.69) is 0 Å². The van der Waals surface area contributed by atoms with E-state index in [-0.39, 0.29) is 11.7 Å². The van der Waals surface area contributed by atoms with Gasteiger partial charge in [0.15, 0.2) is 0 Å². The zero-order valence-electron chi connectivity index (χ0n) is 12.9. The molecule has 1 N–H and O–H groups in total. The number of carbonyl (C=O) groups is 1. The van der Waals surface area contributed by atoms with Gasteiger partial charge in [0.2, 0.25) is 0 Å². The quantitative estimate of drug-likeness (QED) is 0.512. The summed E-state index contributed by atoms with van der Waals surface area (Å²) in [6.45, 7) is 0. The van der Waals surface area contributed by atoms with Crippen LogP contribution in [0.15, 0.2) is 60.7 Å². The van der Waals surface area contributed by atoms with Crippen molar-refractivity contribution in [1.82, 2.24) is 0 Å². The van der Waals surface area contributed by atoms with Crippen molar-refractivity contribution in [3.63, 3.8) is 0 Å². The van der Waals surface area contributed by atoms with Gasteiger partial charge in [-0.15, -0.1) is 11.3 Å². The van der Waals surface area contributed by atoms with Crippen LogP contribution in [0.25, 0.3) is 32.0 Å². The summed E-state index contributed by atoms with van der Waals surface area (Å²) < 4.78 is 6.02. The molecule has 1 heterocycles. The van der Waals surface area contributed by atoms with E-state index in [9.17, 15) is 9.90 Å². The van der Waals surface area contributed by atoms with Crippen LogP contribution in [0.5, 0.6) is 5.75 Å². The van der Waals surface area contributed by atoms with Gasteiger partial charge in [0.1, 0.15) is 10.6 Å². The van der Waals surface area contributed by atoms with E-state index >= 15 is 0 Å². The first-order valence-electron chi connectivity index (χ1n) is 7.50. The van der Waals surface area contributed by atoms with Crippen molar-refractivity contribution in [2.45, 2.75) is 0 Å². The molecular weight excluding hydrogens is 320 g/mol. The predicted molar refractivity (Wildman–Crippen MR) is 97.8 cm³/mol. The molecule has 0 unspecified atom stereocenters. The number of esters is 1. The lowest BCUT2D eigenvalue weighted by Crippen LogP contribution is -1.99. The summed E-state index contributed by atoms with van der Waals surface area (Å²) in [5, 5.41) is 12.6. The number of benzene rings is 3. The van der Waals surface area contributed by atoms with Crippen LogP contribution < -0.4 is 0 Å². The minimum atomic E-state index is -0.322. The summed E-state index contributed by atoms with van der Waals surface area (Å²) in [5.41, 5.74) is 1.86. The predicted octanol–water partition coefficient (Wildman–Crippen LogP) is 5.21. The first-order valence-corrected chi connectivity index (χ1v) is 8.32. The summed E-state index contributed by atoms with van der Waals surface area (Å²) in [6, 6.07) is 19.2. The van der Waals surface area contributed by atoms with Crippen molar-refractivity contribution < 1.29 is 14.6 Å². The molecule has 3 aromatic carbocycles. The Morgan fingerprint density at radius 2 is 1.75 bits per heavy atom. The fourth-order valence-corrected chi connectivity index (χ4v) is 4.10. The maximum absolute atomic E-state index is 12.2. The number of fused-ring (bicyclic) bond motifs is 2. The van der Waals surface area contributed by atoms with E-state index in [1.807, 2.05) is 48.5 Å². The largest absolute Gasteiger partial charge is 0.508 e. The molecule has 1 aromatic heterocycles. The maximum atomic E-state index is 12.2. The normalized spacial score (nSPS) is 11.0.